The van der Waals surface area contributed by atoms with Crippen molar-refractivity contribution >= 4 is 33.1 Å². The Balaban J connectivity index is 1.10. The Labute approximate surface area is 290 Å². The van der Waals surface area contributed by atoms with Gasteiger partial charge in [0.2, 0.25) is 0 Å². The van der Waals surface area contributed by atoms with E-state index in [-0.39, 0.29) is 6.10 Å². The second kappa shape index (κ2) is 11.6. The molecule has 4 nitrogen and oxygen atoms in total. The summed E-state index contributed by atoms with van der Waals surface area (Å²) in [5.41, 5.74) is 13.2. The average Bonchev–Trinajstić information content (AvgIpc) is 3.74. The van der Waals surface area contributed by atoms with E-state index in [1.54, 1.807) is 0 Å². The summed E-state index contributed by atoms with van der Waals surface area (Å²) in [6.07, 6.45) is 5.19. The van der Waals surface area contributed by atoms with Gasteiger partial charge in [-0.1, -0.05) is 133 Å². The number of rotatable bonds is 5. The molecule has 8 aromatic rings. The van der Waals surface area contributed by atoms with Crippen molar-refractivity contribution < 1.29 is 4.74 Å². The van der Waals surface area contributed by atoms with Crippen molar-refractivity contribution in [2.45, 2.75) is 12.5 Å². The molecule has 0 bridgehead atoms. The molecular formula is C46H31N3O. The standard InChI is InChI=1S/C46H31N3O/c1-4-13-30(14-5-1)33-23-26-42-38(27-33)35-19-10-11-21-41(35)49(42)34-24-25-37-44(28-34)50-43-22-12-20-36(45(37)43)40-29-39(31-15-6-2-7-16-31)47-46(48-40)32-17-8-3-9-18-32/h1-27,29,44H,28H2. The van der Waals surface area contributed by atoms with Gasteiger partial charge in [0.15, 0.2) is 5.82 Å². The Morgan fingerprint density at radius 1 is 0.520 bits per heavy atom. The molecule has 6 aromatic carbocycles. The number of fused-ring (bicyclic) bond motifs is 6. The maximum atomic E-state index is 6.77. The van der Waals surface area contributed by atoms with Crippen LogP contribution in [0.25, 0.3) is 78.1 Å². The monoisotopic (exact) mass is 641 g/mol. The minimum absolute atomic E-state index is 0.102. The molecule has 0 spiro atoms. The van der Waals surface area contributed by atoms with Gasteiger partial charge in [-0.15, -0.1) is 0 Å². The molecule has 1 atom stereocenters. The average molecular weight is 642 g/mol. The Morgan fingerprint density at radius 2 is 1.20 bits per heavy atom. The van der Waals surface area contributed by atoms with Crippen LogP contribution in [-0.4, -0.2) is 20.6 Å². The lowest BCUT2D eigenvalue weighted by molar-refractivity contribution is 0.280. The highest BCUT2D eigenvalue weighted by Gasteiger charge is 2.34. The minimum Gasteiger partial charge on any atom is -0.485 e. The van der Waals surface area contributed by atoms with Gasteiger partial charge in [0.05, 0.1) is 22.4 Å². The van der Waals surface area contributed by atoms with Gasteiger partial charge in [-0.3, -0.25) is 0 Å². The third-order valence-corrected chi connectivity index (χ3v) is 9.95. The third-order valence-electron chi connectivity index (χ3n) is 9.95. The zero-order valence-corrected chi connectivity index (χ0v) is 27.2. The summed E-state index contributed by atoms with van der Waals surface area (Å²) >= 11 is 0. The van der Waals surface area contributed by atoms with E-state index in [4.69, 9.17) is 14.7 Å². The van der Waals surface area contributed by atoms with Crippen LogP contribution in [0.3, 0.4) is 0 Å². The first-order valence-corrected chi connectivity index (χ1v) is 17.1. The second-order valence-electron chi connectivity index (χ2n) is 12.9. The summed E-state index contributed by atoms with van der Waals surface area (Å²) in [6.45, 7) is 0. The number of hydrogen-bond acceptors (Lipinski definition) is 3. The molecule has 236 valence electrons. The Bertz CT molecular complexity index is 2580. The predicted octanol–water partition coefficient (Wildman–Crippen LogP) is 11.3. The van der Waals surface area contributed by atoms with E-state index in [2.05, 4.69) is 138 Å². The fraction of sp³-hybridized carbons (Fsp3) is 0.0435. The van der Waals surface area contributed by atoms with Crippen LogP contribution in [0.5, 0.6) is 5.75 Å². The lowest BCUT2D eigenvalue weighted by atomic mass is 9.90. The van der Waals surface area contributed by atoms with Gasteiger partial charge in [-0.05, 0) is 47.5 Å². The van der Waals surface area contributed by atoms with Crippen LogP contribution in [0.4, 0.5) is 0 Å². The zero-order valence-electron chi connectivity index (χ0n) is 27.2. The van der Waals surface area contributed by atoms with E-state index >= 15 is 0 Å². The van der Waals surface area contributed by atoms with Gasteiger partial charge < -0.3 is 9.30 Å². The van der Waals surface area contributed by atoms with Crippen LogP contribution >= 0.6 is 0 Å². The SMILES string of the molecule is C1=C2c3c(cccc3-c3cc(-c4ccccc4)nc(-c4ccccc4)n3)OC2CC(n2c3ccccc3c3cc(-c4ccccc4)ccc32)=C1. The lowest BCUT2D eigenvalue weighted by Gasteiger charge is -2.21. The molecule has 0 N–H and O–H groups in total. The molecule has 1 aliphatic carbocycles. The van der Waals surface area contributed by atoms with Gasteiger partial charge in [-0.2, -0.15) is 0 Å². The first-order chi connectivity index (χ1) is 24.8. The first kappa shape index (κ1) is 28.5. The third kappa shape index (κ3) is 4.68. The fourth-order valence-corrected chi connectivity index (χ4v) is 7.62. The van der Waals surface area contributed by atoms with Crippen LogP contribution in [0.1, 0.15) is 12.0 Å². The van der Waals surface area contributed by atoms with Gasteiger partial charge in [0.1, 0.15) is 11.9 Å². The normalized spacial score (nSPS) is 14.9. The number of aromatic nitrogens is 3. The zero-order chi connectivity index (χ0) is 33.0. The summed E-state index contributed by atoms with van der Waals surface area (Å²) in [7, 11) is 0. The van der Waals surface area contributed by atoms with E-state index in [1.165, 1.54) is 44.2 Å². The highest BCUT2D eigenvalue weighted by molar-refractivity contribution is 6.11. The van der Waals surface area contributed by atoms with Crippen molar-refractivity contribution in [3.05, 3.63) is 175 Å². The number of nitrogens with zero attached hydrogens (tertiary/aromatic N) is 3. The lowest BCUT2D eigenvalue weighted by Crippen LogP contribution is -2.17. The van der Waals surface area contributed by atoms with Crippen molar-refractivity contribution in [3.8, 4) is 50.8 Å². The molecule has 3 heterocycles. The van der Waals surface area contributed by atoms with E-state index in [0.29, 0.717) is 5.82 Å². The molecule has 0 saturated heterocycles. The maximum absolute atomic E-state index is 6.77. The highest BCUT2D eigenvalue weighted by atomic mass is 16.5. The van der Waals surface area contributed by atoms with Crippen molar-refractivity contribution in [1.29, 1.82) is 0 Å². The van der Waals surface area contributed by atoms with Gasteiger partial charge >= 0.3 is 0 Å². The number of allylic oxidation sites excluding steroid dienone is 2. The van der Waals surface area contributed by atoms with E-state index in [1.807, 2.05) is 36.4 Å². The molecule has 0 radical (unpaired) electrons. The Hall–Kier alpha value is -6.52. The topological polar surface area (TPSA) is 39.9 Å². The molecule has 10 rings (SSSR count). The van der Waals surface area contributed by atoms with Crippen LogP contribution in [-0.2, 0) is 0 Å². The number of hydrogen-bond donors (Lipinski definition) is 0. The summed E-state index contributed by atoms with van der Waals surface area (Å²) in [4.78, 5) is 10.2. The first-order valence-electron chi connectivity index (χ1n) is 17.1. The van der Waals surface area contributed by atoms with Crippen LogP contribution in [0, 0.1) is 0 Å². The fourth-order valence-electron chi connectivity index (χ4n) is 7.62. The van der Waals surface area contributed by atoms with Crippen molar-refractivity contribution in [2.24, 2.45) is 0 Å². The molecule has 0 amide bonds. The summed E-state index contributed by atoms with van der Waals surface area (Å²) in [5, 5.41) is 2.50. The van der Waals surface area contributed by atoms with Crippen molar-refractivity contribution in [1.82, 2.24) is 14.5 Å². The van der Waals surface area contributed by atoms with Crippen LogP contribution < -0.4 is 4.74 Å². The minimum atomic E-state index is -0.102. The molecule has 0 saturated carbocycles. The molecular weight excluding hydrogens is 611 g/mol. The van der Waals surface area contributed by atoms with E-state index in [9.17, 15) is 0 Å². The molecule has 2 aromatic heterocycles. The second-order valence-corrected chi connectivity index (χ2v) is 12.9. The summed E-state index contributed by atoms with van der Waals surface area (Å²) < 4.78 is 9.19. The quantitative estimate of drug-likeness (QED) is 0.188. The molecule has 1 unspecified atom stereocenters. The van der Waals surface area contributed by atoms with Crippen molar-refractivity contribution in [2.75, 3.05) is 0 Å². The highest BCUT2D eigenvalue weighted by Crippen LogP contribution is 2.48. The smallest absolute Gasteiger partial charge is 0.160 e. The van der Waals surface area contributed by atoms with E-state index in [0.717, 1.165) is 45.8 Å². The number of ether oxygens (including phenoxy) is 1. The Morgan fingerprint density at radius 3 is 2.00 bits per heavy atom. The van der Waals surface area contributed by atoms with Gasteiger partial charge in [0, 0.05) is 50.7 Å². The molecule has 2 aliphatic rings. The van der Waals surface area contributed by atoms with Crippen molar-refractivity contribution in [3.63, 3.8) is 0 Å². The van der Waals surface area contributed by atoms with Crippen LogP contribution in [0.15, 0.2) is 170 Å². The summed E-state index contributed by atoms with van der Waals surface area (Å²) in [5.74, 6) is 1.60. The molecule has 4 heteroatoms. The number of benzene rings is 6. The Kier molecular flexibility index (Phi) is 6.59. The maximum Gasteiger partial charge on any atom is 0.160 e. The predicted molar refractivity (Wildman–Crippen MR) is 205 cm³/mol. The van der Waals surface area contributed by atoms with Gasteiger partial charge in [-0.25, -0.2) is 9.97 Å². The summed E-state index contributed by atoms with van der Waals surface area (Å²) in [6, 6.07) is 55.1. The molecule has 50 heavy (non-hydrogen) atoms. The van der Waals surface area contributed by atoms with E-state index < -0.39 is 0 Å². The molecule has 0 fully saturated rings. The van der Waals surface area contributed by atoms with Gasteiger partial charge in [0.25, 0.3) is 0 Å². The van der Waals surface area contributed by atoms with Crippen LogP contribution in [0.2, 0.25) is 0 Å². The number of para-hydroxylation sites is 1. The largest absolute Gasteiger partial charge is 0.485 e. The molecule has 1 aliphatic heterocycles.